The van der Waals surface area contributed by atoms with Crippen molar-refractivity contribution < 1.29 is 13.6 Å². The van der Waals surface area contributed by atoms with E-state index in [1.165, 1.54) is 12.2 Å². The number of carbonyl (C=O) groups excluding carboxylic acids is 1. The summed E-state index contributed by atoms with van der Waals surface area (Å²) in [5.74, 6) is -1.00. The molecule has 138 valence electrons. The topological polar surface area (TPSA) is 57.8 Å². The van der Waals surface area contributed by atoms with Crippen molar-refractivity contribution in [2.45, 2.75) is 6.42 Å². The van der Waals surface area contributed by atoms with E-state index in [4.69, 9.17) is 11.6 Å². The summed E-state index contributed by atoms with van der Waals surface area (Å²) in [5, 5.41) is 3.36. The molecule has 3 rings (SSSR count). The molecule has 0 saturated carbocycles. The third-order valence-electron chi connectivity index (χ3n) is 3.75. The number of aromatic amines is 1. The van der Waals surface area contributed by atoms with Gasteiger partial charge in [-0.2, -0.15) is 0 Å². The van der Waals surface area contributed by atoms with Crippen LogP contribution in [-0.4, -0.2) is 22.4 Å². The number of aromatic nitrogens is 2. The van der Waals surface area contributed by atoms with Crippen LogP contribution in [0.4, 0.5) is 8.78 Å². The summed E-state index contributed by atoms with van der Waals surface area (Å²) in [5.41, 5.74) is 2.07. The van der Waals surface area contributed by atoms with E-state index in [2.05, 4.69) is 15.3 Å². The number of nitrogens with zero attached hydrogens (tertiary/aromatic N) is 1. The van der Waals surface area contributed by atoms with Gasteiger partial charge in [0.1, 0.15) is 17.5 Å². The third-order valence-corrected chi connectivity index (χ3v) is 4.00. The lowest BCUT2D eigenvalue weighted by molar-refractivity contribution is -0.116. The average Bonchev–Trinajstić information content (AvgIpc) is 3.09. The molecule has 0 bridgehead atoms. The molecule has 1 heterocycles. The van der Waals surface area contributed by atoms with E-state index in [0.717, 1.165) is 35.3 Å². The van der Waals surface area contributed by atoms with Gasteiger partial charge in [-0.3, -0.25) is 4.79 Å². The zero-order valence-electron chi connectivity index (χ0n) is 14.2. The Morgan fingerprint density at radius 3 is 2.56 bits per heavy atom. The average molecular weight is 388 g/mol. The summed E-state index contributed by atoms with van der Waals surface area (Å²) in [6.07, 6.45) is 4.87. The van der Waals surface area contributed by atoms with Crippen molar-refractivity contribution in [1.29, 1.82) is 0 Å². The first-order valence-corrected chi connectivity index (χ1v) is 8.59. The third kappa shape index (κ3) is 5.49. The summed E-state index contributed by atoms with van der Waals surface area (Å²) in [7, 11) is 0. The molecule has 3 aromatic rings. The zero-order valence-corrected chi connectivity index (χ0v) is 14.9. The maximum atomic E-state index is 13.1. The van der Waals surface area contributed by atoms with Gasteiger partial charge in [0.25, 0.3) is 0 Å². The van der Waals surface area contributed by atoms with Crippen LogP contribution in [0.1, 0.15) is 11.3 Å². The van der Waals surface area contributed by atoms with Crippen LogP contribution in [0.25, 0.3) is 17.5 Å². The number of hydrogen-bond donors (Lipinski definition) is 2. The molecule has 0 atom stereocenters. The van der Waals surface area contributed by atoms with Crippen LogP contribution in [0.5, 0.6) is 0 Å². The molecule has 0 saturated heterocycles. The summed E-state index contributed by atoms with van der Waals surface area (Å²) >= 11 is 5.87. The van der Waals surface area contributed by atoms with Crippen molar-refractivity contribution in [2.24, 2.45) is 0 Å². The minimum atomic E-state index is -0.689. The predicted octanol–water partition coefficient (Wildman–Crippen LogP) is 4.38. The van der Waals surface area contributed by atoms with Gasteiger partial charge in [0, 0.05) is 47.6 Å². The lowest BCUT2D eigenvalue weighted by Crippen LogP contribution is -2.23. The fourth-order valence-corrected chi connectivity index (χ4v) is 2.59. The second kappa shape index (κ2) is 8.60. The molecule has 2 N–H and O–H groups in total. The summed E-state index contributed by atoms with van der Waals surface area (Å²) < 4.78 is 26.2. The summed E-state index contributed by atoms with van der Waals surface area (Å²) in [6.45, 7) is 0.392. The Morgan fingerprint density at radius 1 is 1.15 bits per heavy atom. The number of amides is 1. The van der Waals surface area contributed by atoms with Gasteiger partial charge in [0.05, 0.1) is 0 Å². The van der Waals surface area contributed by atoms with E-state index >= 15 is 0 Å². The molecule has 0 aliphatic carbocycles. The van der Waals surface area contributed by atoms with Gasteiger partial charge in [-0.15, -0.1) is 0 Å². The highest BCUT2D eigenvalue weighted by atomic mass is 35.5. The highest BCUT2D eigenvalue weighted by Crippen LogP contribution is 2.18. The lowest BCUT2D eigenvalue weighted by Gasteiger charge is -2.01. The van der Waals surface area contributed by atoms with Crippen molar-refractivity contribution >= 4 is 23.6 Å². The number of rotatable bonds is 6. The molecule has 1 aromatic heterocycles. The smallest absolute Gasteiger partial charge is 0.244 e. The van der Waals surface area contributed by atoms with Crippen LogP contribution in [0.2, 0.25) is 5.02 Å². The first kappa shape index (κ1) is 18.8. The molecule has 0 aliphatic rings. The largest absolute Gasteiger partial charge is 0.352 e. The van der Waals surface area contributed by atoms with Gasteiger partial charge in [0.15, 0.2) is 0 Å². The first-order valence-electron chi connectivity index (χ1n) is 8.21. The standard InChI is InChI=1S/C20H16ClF2N3O/c21-15-4-2-14(3-5-15)20-25-12-18(26-20)7-8-24-19(27)6-1-13-9-16(22)11-17(23)10-13/h1-6,9-12H,7-8H2,(H,24,27)(H,25,26)/b6-1+. The fraction of sp³-hybridized carbons (Fsp3) is 0.100. The van der Waals surface area contributed by atoms with Gasteiger partial charge in [-0.25, -0.2) is 13.8 Å². The highest BCUT2D eigenvalue weighted by Gasteiger charge is 2.04. The number of benzene rings is 2. The molecule has 4 nitrogen and oxygen atoms in total. The zero-order chi connectivity index (χ0) is 19.2. The number of carbonyl (C=O) groups is 1. The van der Waals surface area contributed by atoms with Crippen LogP contribution in [0, 0.1) is 11.6 Å². The van der Waals surface area contributed by atoms with E-state index < -0.39 is 11.6 Å². The number of halogens is 3. The second-order valence-corrected chi connectivity index (χ2v) is 6.28. The van der Waals surface area contributed by atoms with E-state index in [1.807, 2.05) is 12.1 Å². The minimum absolute atomic E-state index is 0.281. The van der Waals surface area contributed by atoms with Crippen LogP contribution >= 0.6 is 11.6 Å². The van der Waals surface area contributed by atoms with Gasteiger partial charge >= 0.3 is 0 Å². The van der Waals surface area contributed by atoms with Crippen LogP contribution in [0.15, 0.2) is 54.7 Å². The van der Waals surface area contributed by atoms with E-state index in [9.17, 15) is 13.6 Å². The molecular weight excluding hydrogens is 372 g/mol. The Balaban J connectivity index is 1.50. The van der Waals surface area contributed by atoms with Crippen LogP contribution in [0.3, 0.4) is 0 Å². The molecule has 0 fully saturated rings. The maximum Gasteiger partial charge on any atom is 0.244 e. The Kier molecular flexibility index (Phi) is 5.98. The van der Waals surface area contributed by atoms with Gasteiger partial charge in [0.2, 0.25) is 5.91 Å². The van der Waals surface area contributed by atoms with Crippen molar-refractivity contribution in [2.75, 3.05) is 6.54 Å². The van der Waals surface area contributed by atoms with Crippen molar-refractivity contribution in [3.63, 3.8) is 0 Å². The fourth-order valence-electron chi connectivity index (χ4n) is 2.46. The number of nitrogens with one attached hydrogen (secondary N) is 2. The molecule has 0 spiro atoms. The van der Waals surface area contributed by atoms with Gasteiger partial charge < -0.3 is 10.3 Å². The molecule has 0 unspecified atom stereocenters. The number of H-pyrrole nitrogens is 1. The van der Waals surface area contributed by atoms with Crippen molar-refractivity contribution in [1.82, 2.24) is 15.3 Å². The molecule has 7 heteroatoms. The van der Waals surface area contributed by atoms with E-state index in [-0.39, 0.29) is 11.5 Å². The molecule has 0 radical (unpaired) electrons. The lowest BCUT2D eigenvalue weighted by atomic mass is 10.2. The van der Waals surface area contributed by atoms with Crippen molar-refractivity contribution in [3.8, 4) is 11.4 Å². The van der Waals surface area contributed by atoms with Crippen LogP contribution < -0.4 is 5.32 Å². The molecule has 27 heavy (non-hydrogen) atoms. The SMILES string of the molecule is O=C(/C=C/c1cc(F)cc(F)c1)NCCc1cnc(-c2ccc(Cl)cc2)[nH]1. The Morgan fingerprint density at radius 2 is 1.85 bits per heavy atom. The number of imidazole rings is 1. The summed E-state index contributed by atoms with van der Waals surface area (Å²) in [6, 6.07) is 10.4. The summed E-state index contributed by atoms with van der Waals surface area (Å²) in [4.78, 5) is 19.3. The highest BCUT2D eigenvalue weighted by molar-refractivity contribution is 6.30. The van der Waals surface area contributed by atoms with Gasteiger partial charge in [-0.1, -0.05) is 11.6 Å². The molecule has 2 aromatic carbocycles. The quantitative estimate of drug-likeness (QED) is 0.617. The Hall–Kier alpha value is -2.99. The van der Waals surface area contributed by atoms with Crippen LogP contribution in [-0.2, 0) is 11.2 Å². The van der Waals surface area contributed by atoms with Crippen molar-refractivity contribution in [3.05, 3.63) is 82.7 Å². The molecular formula is C20H16ClF2N3O. The molecule has 0 aliphatic heterocycles. The second-order valence-electron chi connectivity index (χ2n) is 5.84. The maximum absolute atomic E-state index is 13.1. The monoisotopic (exact) mass is 387 g/mol. The predicted molar refractivity (Wildman–Crippen MR) is 101 cm³/mol. The van der Waals surface area contributed by atoms with E-state index in [1.54, 1.807) is 18.3 Å². The number of hydrogen-bond acceptors (Lipinski definition) is 2. The van der Waals surface area contributed by atoms with Gasteiger partial charge in [-0.05, 0) is 48.0 Å². The Labute approximate surface area is 159 Å². The molecule has 1 amide bonds. The van der Waals surface area contributed by atoms with E-state index in [0.29, 0.717) is 18.0 Å². The first-order chi connectivity index (χ1) is 13.0. The normalized spacial score (nSPS) is 11.1. The Bertz CT molecular complexity index is 947. The minimum Gasteiger partial charge on any atom is -0.352 e.